The van der Waals surface area contributed by atoms with Crippen molar-refractivity contribution >= 4 is 51.1 Å². The summed E-state index contributed by atoms with van der Waals surface area (Å²) in [6.45, 7) is 4.06. The molecule has 0 aliphatic carbocycles. The van der Waals surface area contributed by atoms with Gasteiger partial charge in [-0.25, -0.2) is 9.78 Å². The molecule has 1 N–H and O–H groups in total. The summed E-state index contributed by atoms with van der Waals surface area (Å²) in [5.41, 5.74) is 2.12. The molecule has 4 heterocycles. The third-order valence-corrected chi connectivity index (χ3v) is 5.91. The monoisotopic (exact) mass is 394 g/mol. The predicted octanol–water partition coefficient (Wildman–Crippen LogP) is 3.34. The fraction of sp³-hybridized carbons (Fsp3) is 0.471. The van der Waals surface area contributed by atoms with Crippen LogP contribution in [0.3, 0.4) is 0 Å². The number of likely N-dealkylation sites (tertiary alicyclic amines) is 1. The number of carboxylic acid groups (broad SMARTS) is 1. The summed E-state index contributed by atoms with van der Waals surface area (Å²) in [6.07, 6.45) is 2.85. The predicted molar refractivity (Wildman–Crippen MR) is 102 cm³/mol. The second kappa shape index (κ2) is 7.38. The van der Waals surface area contributed by atoms with Crippen LogP contribution in [0, 0.1) is 0 Å². The lowest BCUT2D eigenvalue weighted by molar-refractivity contribution is 0.122. The molecule has 0 bridgehead atoms. The van der Waals surface area contributed by atoms with Gasteiger partial charge in [-0.15, -0.1) is 11.3 Å². The second-order valence-corrected chi connectivity index (χ2v) is 7.77. The molecule has 9 heteroatoms. The fourth-order valence-electron chi connectivity index (χ4n) is 3.30. The summed E-state index contributed by atoms with van der Waals surface area (Å²) in [5.74, 6) is 0.874. The zero-order valence-corrected chi connectivity index (χ0v) is 15.7. The van der Waals surface area contributed by atoms with Gasteiger partial charge in [-0.3, -0.25) is 0 Å². The highest BCUT2D eigenvalue weighted by atomic mass is 35.5. The molecule has 4 rings (SSSR count). The van der Waals surface area contributed by atoms with Crippen molar-refractivity contribution in [2.75, 3.05) is 44.3 Å². The molecule has 2 aromatic rings. The van der Waals surface area contributed by atoms with E-state index in [1.807, 2.05) is 6.07 Å². The molecule has 0 atom stereocenters. The number of carbonyl (C=O) groups is 1. The molecule has 2 aromatic heterocycles. The van der Waals surface area contributed by atoms with Crippen LogP contribution >= 0.6 is 22.9 Å². The van der Waals surface area contributed by atoms with Crippen LogP contribution in [-0.4, -0.2) is 65.5 Å². The van der Waals surface area contributed by atoms with Gasteiger partial charge in [0.2, 0.25) is 5.28 Å². The van der Waals surface area contributed by atoms with Gasteiger partial charge in [-0.2, -0.15) is 4.98 Å². The summed E-state index contributed by atoms with van der Waals surface area (Å²) >= 11 is 7.79. The first-order valence-electron chi connectivity index (χ1n) is 8.57. The van der Waals surface area contributed by atoms with Crippen molar-refractivity contribution < 1.29 is 14.6 Å². The summed E-state index contributed by atoms with van der Waals surface area (Å²) in [6, 6.07) is 2.04. The average Bonchev–Trinajstić information content (AvgIpc) is 3.04. The lowest BCUT2D eigenvalue weighted by atomic mass is 10.0. The number of aromatic nitrogens is 2. The van der Waals surface area contributed by atoms with Gasteiger partial charge in [0, 0.05) is 31.1 Å². The quantitative estimate of drug-likeness (QED) is 0.787. The molecule has 138 valence electrons. The Balaban J connectivity index is 1.61. The van der Waals surface area contributed by atoms with Gasteiger partial charge in [0.05, 0.1) is 23.4 Å². The smallest absolute Gasteiger partial charge is 0.407 e. The number of piperidine rings is 1. The van der Waals surface area contributed by atoms with Crippen molar-refractivity contribution in [1.29, 1.82) is 0 Å². The minimum Gasteiger partial charge on any atom is -0.465 e. The summed E-state index contributed by atoms with van der Waals surface area (Å²) in [4.78, 5) is 24.6. The van der Waals surface area contributed by atoms with E-state index in [2.05, 4.69) is 20.9 Å². The minimum absolute atomic E-state index is 0.255. The molecule has 2 aliphatic rings. The molecular formula is C17H19ClN4O3S. The van der Waals surface area contributed by atoms with Gasteiger partial charge in [-0.05, 0) is 36.6 Å². The number of thiophene rings is 1. The third kappa shape index (κ3) is 3.62. The zero-order valence-electron chi connectivity index (χ0n) is 14.2. The van der Waals surface area contributed by atoms with E-state index in [0.29, 0.717) is 26.3 Å². The van der Waals surface area contributed by atoms with E-state index in [9.17, 15) is 4.79 Å². The molecule has 0 spiro atoms. The largest absolute Gasteiger partial charge is 0.465 e. The van der Waals surface area contributed by atoms with Crippen molar-refractivity contribution in [3.8, 4) is 0 Å². The Morgan fingerprint density at radius 1 is 1.23 bits per heavy atom. The lowest BCUT2D eigenvalue weighted by Crippen LogP contribution is -2.36. The van der Waals surface area contributed by atoms with Crippen molar-refractivity contribution in [2.24, 2.45) is 0 Å². The highest BCUT2D eigenvalue weighted by molar-refractivity contribution is 7.20. The number of rotatable bonds is 2. The van der Waals surface area contributed by atoms with Crippen LogP contribution in [0.1, 0.15) is 17.7 Å². The number of nitrogens with zero attached hydrogens (tertiary/aromatic N) is 4. The lowest BCUT2D eigenvalue weighted by Gasteiger charge is -2.28. The van der Waals surface area contributed by atoms with E-state index in [0.717, 1.165) is 46.8 Å². The molecule has 26 heavy (non-hydrogen) atoms. The zero-order chi connectivity index (χ0) is 18.1. The summed E-state index contributed by atoms with van der Waals surface area (Å²) in [7, 11) is 0. The van der Waals surface area contributed by atoms with Crippen molar-refractivity contribution in [2.45, 2.75) is 12.8 Å². The average molecular weight is 395 g/mol. The van der Waals surface area contributed by atoms with E-state index < -0.39 is 6.09 Å². The van der Waals surface area contributed by atoms with Gasteiger partial charge >= 0.3 is 6.09 Å². The van der Waals surface area contributed by atoms with Gasteiger partial charge < -0.3 is 19.6 Å². The first-order chi connectivity index (χ1) is 12.6. The number of morpholine rings is 1. The maximum Gasteiger partial charge on any atom is 0.407 e. The van der Waals surface area contributed by atoms with Crippen LogP contribution in [-0.2, 0) is 4.74 Å². The third-order valence-electron chi connectivity index (χ3n) is 4.68. The number of hydrogen-bond acceptors (Lipinski definition) is 6. The van der Waals surface area contributed by atoms with Gasteiger partial charge in [0.25, 0.3) is 0 Å². The molecule has 0 saturated carbocycles. The molecule has 2 saturated heterocycles. The topological polar surface area (TPSA) is 78.8 Å². The van der Waals surface area contributed by atoms with Crippen LogP contribution in [0.5, 0.6) is 0 Å². The second-order valence-electron chi connectivity index (χ2n) is 6.35. The molecule has 2 aliphatic heterocycles. The van der Waals surface area contributed by atoms with Crippen LogP contribution in [0.4, 0.5) is 10.6 Å². The maximum absolute atomic E-state index is 11.0. The van der Waals surface area contributed by atoms with Gasteiger partial charge in [-0.1, -0.05) is 5.57 Å². The Bertz CT molecular complexity index is 853. The van der Waals surface area contributed by atoms with E-state index >= 15 is 0 Å². The van der Waals surface area contributed by atoms with Crippen LogP contribution in [0.2, 0.25) is 5.28 Å². The Labute approximate surface area is 159 Å². The SMILES string of the molecule is O=C(O)N1CCC(=Cc2cc3nc(Cl)nc(N4CCOCC4)c3s2)CC1. The number of ether oxygens (including phenoxy) is 1. The van der Waals surface area contributed by atoms with Crippen molar-refractivity contribution in [3.05, 3.63) is 21.8 Å². The molecule has 2 fully saturated rings. The number of anilines is 1. The maximum atomic E-state index is 11.0. The van der Waals surface area contributed by atoms with Crippen LogP contribution in [0.15, 0.2) is 11.6 Å². The molecule has 1 amide bonds. The number of halogens is 1. The molecule has 0 unspecified atom stereocenters. The normalized spacial score (nSPS) is 18.4. The molecular weight excluding hydrogens is 376 g/mol. The van der Waals surface area contributed by atoms with Gasteiger partial charge in [0.1, 0.15) is 0 Å². The van der Waals surface area contributed by atoms with E-state index in [1.165, 1.54) is 10.5 Å². The Morgan fingerprint density at radius 2 is 1.96 bits per heavy atom. The number of fused-ring (bicyclic) bond motifs is 1. The van der Waals surface area contributed by atoms with Crippen LogP contribution in [0.25, 0.3) is 16.3 Å². The summed E-state index contributed by atoms with van der Waals surface area (Å²) in [5, 5.41) is 9.31. The van der Waals surface area contributed by atoms with Gasteiger partial charge in [0.15, 0.2) is 5.82 Å². The van der Waals surface area contributed by atoms with Crippen molar-refractivity contribution in [1.82, 2.24) is 14.9 Å². The Hall–Kier alpha value is -1.90. The van der Waals surface area contributed by atoms with E-state index in [-0.39, 0.29) is 5.28 Å². The first kappa shape index (κ1) is 17.5. The number of amides is 1. The van der Waals surface area contributed by atoms with Crippen molar-refractivity contribution in [3.63, 3.8) is 0 Å². The first-order valence-corrected chi connectivity index (χ1v) is 9.77. The Kier molecular flexibility index (Phi) is 4.97. The van der Waals surface area contributed by atoms with Crippen LogP contribution < -0.4 is 4.90 Å². The molecule has 7 nitrogen and oxygen atoms in total. The highest BCUT2D eigenvalue weighted by Crippen LogP contribution is 2.35. The standard InChI is InChI=1S/C17H19ClN4O3S/c18-16-19-13-10-12(9-11-1-3-22(4-2-11)17(23)24)26-14(13)15(20-16)21-5-7-25-8-6-21/h9-10H,1-8H2,(H,23,24). The Morgan fingerprint density at radius 3 is 2.65 bits per heavy atom. The summed E-state index contributed by atoms with van der Waals surface area (Å²) < 4.78 is 6.46. The molecule has 0 aromatic carbocycles. The fourth-order valence-corrected chi connectivity index (χ4v) is 4.58. The molecule has 0 radical (unpaired) electrons. The highest BCUT2D eigenvalue weighted by Gasteiger charge is 2.20. The number of hydrogen-bond donors (Lipinski definition) is 1. The van der Waals surface area contributed by atoms with E-state index in [1.54, 1.807) is 11.3 Å². The van der Waals surface area contributed by atoms with E-state index in [4.69, 9.17) is 21.4 Å². The minimum atomic E-state index is -0.842.